The summed E-state index contributed by atoms with van der Waals surface area (Å²) in [6, 6.07) is 0. The van der Waals surface area contributed by atoms with Crippen molar-refractivity contribution in [3.8, 4) is 0 Å². The topological polar surface area (TPSA) is 66.8 Å². The van der Waals surface area contributed by atoms with Gasteiger partial charge in [0.15, 0.2) is 0 Å². The molecule has 0 radical (unpaired) electrons. The summed E-state index contributed by atoms with van der Waals surface area (Å²) in [5, 5.41) is 8.77. The zero-order valence-corrected chi connectivity index (χ0v) is 9.62. The van der Waals surface area contributed by atoms with Gasteiger partial charge in [-0.1, -0.05) is 0 Å². The number of carbonyl (C=O) groups excluding carboxylic acids is 1. The average molecular weight is 233 g/mol. The standard InChI is InChI=1S/C10H16FNO4/c1-9(2,3)16-8(15)12-6-4-5-10(12,11)7(13)14/h4-6H2,1-3H3,(H,13,14)/t10-/m0/s1. The number of rotatable bonds is 1. The van der Waals surface area contributed by atoms with E-state index >= 15 is 0 Å². The second-order valence-electron chi connectivity index (χ2n) is 4.80. The number of carbonyl (C=O) groups is 2. The summed E-state index contributed by atoms with van der Waals surface area (Å²) in [5.41, 5.74) is -0.765. The van der Waals surface area contributed by atoms with Gasteiger partial charge in [-0.3, -0.25) is 4.90 Å². The summed E-state index contributed by atoms with van der Waals surface area (Å²) in [7, 11) is 0. The number of aliphatic carboxylic acids is 1. The summed E-state index contributed by atoms with van der Waals surface area (Å²) in [4.78, 5) is 23.0. The Balaban J connectivity index is 2.80. The fourth-order valence-corrected chi connectivity index (χ4v) is 1.56. The van der Waals surface area contributed by atoms with Crippen LogP contribution in [0.5, 0.6) is 0 Å². The number of ether oxygens (including phenoxy) is 1. The maximum atomic E-state index is 14.0. The molecular weight excluding hydrogens is 217 g/mol. The molecule has 0 aromatic heterocycles. The zero-order valence-electron chi connectivity index (χ0n) is 9.62. The lowest BCUT2D eigenvalue weighted by Crippen LogP contribution is -2.51. The Bertz CT molecular complexity index is 312. The van der Waals surface area contributed by atoms with Crippen molar-refractivity contribution >= 4 is 12.1 Å². The molecule has 92 valence electrons. The molecule has 1 saturated heterocycles. The van der Waals surface area contributed by atoms with Gasteiger partial charge in [-0.25, -0.2) is 14.0 Å². The monoisotopic (exact) mass is 233 g/mol. The first-order valence-electron chi connectivity index (χ1n) is 5.10. The summed E-state index contributed by atoms with van der Waals surface area (Å²) >= 11 is 0. The first-order chi connectivity index (χ1) is 7.17. The summed E-state index contributed by atoms with van der Waals surface area (Å²) in [6.45, 7) is 4.99. The summed E-state index contributed by atoms with van der Waals surface area (Å²) in [6.07, 6.45) is -0.793. The van der Waals surface area contributed by atoms with Crippen LogP contribution in [0.2, 0.25) is 0 Å². The van der Waals surface area contributed by atoms with Crippen LogP contribution in [-0.4, -0.2) is 40.0 Å². The van der Waals surface area contributed by atoms with Gasteiger partial charge in [-0.15, -0.1) is 0 Å². The van der Waals surface area contributed by atoms with Gasteiger partial charge >= 0.3 is 12.1 Å². The molecule has 0 bridgehead atoms. The average Bonchev–Trinajstić information content (AvgIpc) is 2.45. The quantitative estimate of drug-likeness (QED) is 0.701. The molecular formula is C10H16FNO4. The minimum absolute atomic E-state index is 0.0672. The Hall–Kier alpha value is -1.33. The van der Waals surface area contributed by atoms with E-state index in [-0.39, 0.29) is 13.0 Å². The van der Waals surface area contributed by atoms with Gasteiger partial charge in [0.2, 0.25) is 0 Å². The SMILES string of the molecule is CC(C)(C)OC(=O)N1CCC[C@@]1(F)C(=O)O. The fraction of sp³-hybridized carbons (Fsp3) is 0.800. The molecule has 6 heteroatoms. The van der Waals surface area contributed by atoms with Crippen LogP contribution >= 0.6 is 0 Å². The fourth-order valence-electron chi connectivity index (χ4n) is 1.56. The molecule has 0 aliphatic carbocycles. The third kappa shape index (κ3) is 2.43. The maximum Gasteiger partial charge on any atom is 0.413 e. The minimum atomic E-state index is -2.62. The van der Waals surface area contributed by atoms with Crippen molar-refractivity contribution in [3.05, 3.63) is 0 Å². The van der Waals surface area contributed by atoms with Crippen LogP contribution in [0.4, 0.5) is 9.18 Å². The molecule has 1 aliphatic rings. The lowest BCUT2D eigenvalue weighted by molar-refractivity contribution is -0.161. The van der Waals surface area contributed by atoms with Crippen LogP contribution in [-0.2, 0) is 9.53 Å². The Morgan fingerprint density at radius 1 is 1.44 bits per heavy atom. The Morgan fingerprint density at radius 2 is 2.00 bits per heavy atom. The van der Waals surface area contributed by atoms with Crippen LogP contribution in [0.15, 0.2) is 0 Å². The third-order valence-corrected chi connectivity index (χ3v) is 2.26. The molecule has 0 spiro atoms. The molecule has 1 heterocycles. The Labute approximate surface area is 93.2 Å². The zero-order chi connectivity index (χ0) is 12.6. The number of halogens is 1. The molecule has 1 amide bonds. The molecule has 1 N–H and O–H groups in total. The molecule has 16 heavy (non-hydrogen) atoms. The number of carboxylic acid groups (broad SMARTS) is 1. The smallest absolute Gasteiger partial charge is 0.413 e. The predicted octanol–water partition coefficient (Wildman–Crippen LogP) is 1.77. The van der Waals surface area contributed by atoms with E-state index in [0.717, 1.165) is 0 Å². The van der Waals surface area contributed by atoms with Crippen LogP contribution in [0, 0.1) is 0 Å². The van der Waals surface area contributed by atoms with E-state index in [9.17, 15) is 14.0 Å². The largest absolute Gasteiger partial charge is 0.477 e. The highest BCUT2D eigenvalue weighted by Gasteiger charge is 2.52. The van der Waals surface area contributed by atoms with Crippen molar-refractivity contribution in [2.45, 2.75) is 45.0 Å². The van der Waals surface area contributed by atoms with Crippen LogP contribution in [0.3, 0.4) is 0 Å². The number of alkyl halides is 1. The molecule has 1 rings (SSSR count). The highest BCUT2D eigenvalue weighted by Crippen LogP contribution is 2.32. The summed E-state index contributed by atoms with van der Waals surface area (Å²) < 4.78 is 18.9. The van der Waals surface area contributed by atoms with Gasteiger partial charge in [0.1, 0.15) is 5.60 Å². The molecule has 0 saturated carbocycles. The van der Waals surface area contributed by atoms with E-state index in [0.29, 0.717) is 11.3 Å². The third-order valence-electron chi connectivity index (χ3n) is 2.26. The number of hydrogen-bond acceptors (Lipinski definition) is 3. The second-order valence-corrected chi connectivity index (χ2v) is 4.80. The first kappa shape index (κ1) is 12.7. The molecule has 0 aromatic carbocycles. The van der Waals surface area contributed by atoms with E-state index in [2.05, 4.69) is 0 Å². The molecule has 5 nitrogen and oxygen atoms in total. The lowest BCUT2D eigenvalue weighted by atomic mass is 10.2. The van der Waals surface area contributed by atoms with Crippen LogP contribution < -0.4 is 0 Å². The van der Waals surface area contributed by atoms with Gasteiger partial charge in [0.05, 0.1) is 0 Å². The Morgan fingerprint density at radius 3 is 2.44 bits per heavy atom. The van der Waals surface area contributed by atoms with Crippen molar-refractivity contribution in [2.75, 3.05) is 6.54 Å². The molecule has 1 atom stereocenters. The molecule has 1 aliphatic heterocycles. The highest BCUT2D eigenvalue weighted by molar-refractivity contribution is 5.83. The molecule has 0 unspecified atom stereocenters. The maximum absolute atomic E-state index is 14.0. The minimum Gasteiger partial charge on any atom is -0.477 e. The van der Waals surface area contributed by atoms with Gasteiger partial charge < -0.3 is 9.84 Å². The van der Waals surface area contributed by atoms with Crippen molar-refractivity contribution in [1.82, 2.24) is 4.90 Å². The highest BCUT2D eigenvalue weighted by atomic mass is 19.1. The van der Waals surface area contributed by atoms with E-state index < -0.39 is 23.5 Å². The number of nitrogens with zero attached hydrogens (tertiary/aromatic N) is 1. The van der Waals surface area contributed by atoms with Crippen molar-refractivity contribution in [1.29, 1.82) is 0 Å². The van der Waals surface area contributed by atoms with Crippen molar-refractivity contribution < 1.29 is 23.8 Å². The van der Waals surface area contributed by atoms with Gasteiger partial charge in [-0.05, 0) is 27.2 Å². The van der Waals surface area contributed by atoms with E-state index in [4.69, 9.17) is 9.84 Å². The predicted molar refractivity (Wildman–Crippen MR) is 53.6 cm³/mol. The van der Waals surface area contributed by atoms with Crippen molar-refractivity contribution in [2.24, 2.45) is 0 Å². The van der Waals surface area contributed by atoms with Crippen LogP contribution in [0.1, 0.15) is 33.6 Å². The molecule has 1 fully saturated rings. The number of amides is 1. The van der Waals surface area contributed by atoms with E-state index in [1.54, 1.807) is 20.8 Å². The van der Waals surface area contributed by atoms with E-state index in [1.165, 1.54) is 0 Å². The second kappa shape index (κ2) is 3.92. The van der Waals surface area contributed by atoms with Crippen LogP contribution in [0.25, 0.3) is 0 Å². The normalized spacial score (nSPS) is 25.6. The van der Waals surface area contributed by atoms with Crippen molar-refractivity contribution in [3.63, 3.8) is 0 Å². The Kier molecular flexibility index (Phi) is 3.12. The van der Waals surface area contributed by atoms with Gasteiger partial charge in [0.25, 0.3) is 5.79 Å². The summed E-state index contributed by atoms with van der Waals surface area (Å²) in [5.74, 6) is -4.27. The van der Waals surface area contributed by atoms with Gasteiger partial charge in [-0.2, -0.15) is 0 Å². The lowest BCUT2D eigenvalue weighted by Gasteiger charge is -2.30. The molecule has 0 aromatic rings. The van der Waals surface area contributed by atoms with E-state index in [1.807, 2.05) is 0 Å². The van der Waals surface area contributed by atoms with Gasteiger partial charge in [0, 0.05) is 13.0 Å². The number of likely N-dealkylation sites (tertiary alicyclic amines) is 1. The number of carboxylic acids is 1. The first-order valence-corrected chi connectivity index (χ1v) is 5.10. The number of hydrogen-bond donors (Lipinski definition) is 1.